The van der Waals surface area contributed by atoms with E-state index < -0.39 is 0 Å². The SMILES string of the molecule is CN=C(NCc1cc(N(C)C)nc2ccccc12)NC1CC=CC1. The Morgan fingerprint density at radius 1 is 1.25 bits per heavy atom. The standard InChI is InChI=1S/C19H25N5/c1-20-19(22-15-8-4-5-9-15)21-13-14-12-18(24(2)3)23-17-11-7-6-10-16(14)17/h4-7,10-12,15H,8-9,13H2,1-3H3,(H2,20,21,22). The summed E-state index contributed by atoms with van der Waals surface area (Å²) in [6.07, 6.45) is 6.54. The van der Waals surface area contributed by atoms with Gasteiger partial charge >= 0.3 is 0 Å². The number of fused-ring (bicyclic) bond motifs is 1. The highest BCUT2D eigenvalue weighted by molar-refractivity contribution is 5.85. The summed E-state index contributed by atoms with van der Waals surface area (Å²) in [7, 11) is 5.84. The first-order valence-electron chi connectivity index (χ1n) is 8.35. The number of hydrogen-bond donors (Lipinski definition) is 2. The summed E-state index contributed by atoms with van der Waals surface area (Å²) >= 11 is 0. The van der Waals surface area contributed by atoms with E-state index in [-0.39, 0.29) is 0 Å². The minimum atomic E-state index is 0.447. The summed E-state index contributed by atoms with van der Waals surface area (Å²) in [4.78, 5) is 11.1. The average Bonchev–Trinajstić information content (AvgIpc) is 3.11. The Balaban J connectivity index is 1.78. The molecule has 0 aliphatic heterocycles. The molecule has 2 aromatic rings. The van der Waals surface area contributed by atoms with Gasteiger partial charge in [-0.1, -0.05) is 30.4 Å². The zero-order valence-electron chi connectivity index (χ0n) is 14.6. The molecule has 1 aromatic heterocycles. The van der Waals surface area contributed by atoms with Crippen molar-refractivity contribution in [3.63, 3.8) is 0 Å². The molecule has 0 saturated carbocycles. The summed E-state index contributed by atoms with van der Waals surface area (Å²) in [5.41, 5.74) is 2.24. The lowest BCUT2D eigenvalue weighted by Gasteiger charge is -2.19. The maximum atomic E-state index is 4.71. The first-order chi connectivity index (χ1) is 11.7. The lowest BCUT2D eigenvalue weighted by atomic mass is 10.1. The summed E-state index contributed by atoms with van der Waals surface area (Å²) in [6.45, 7) is 0.712. The number of pyridine rings is 1. The maximum Gasteiger partial charge on any atom is 0.191 e. The number of guanidine groups is 1. The number of benzene rings is 1. The summed E-state index contributed by atoms with van der Waals surface area (Å²) in [6, 6.07) is 10.8. The molecular formula is C19H25N5. The summed E-state index contributed by atoms with van der Waals surface area (Å²) in [5, 5.41) is 8.08. The average molecular weight is 323 g/mol. The molecule has 1 aliphatic rings. The van der Waals surface area contributed by atoms with Gasteiger partial charge in [0.25, 0.3) is 0 Å². The molecule has 0 saturated heterocycles. The van der Waals surface area contributed by atoms with Gasteiger partial charge in [0.2, 0.25) is 0 Å². The number of aliphatic imine (C=N–C) groups is 1. The predicted molar refractivity (Wildman–Crippen MR) is 102 cm³/mol. The van der Waals surface area contributed by atoms with Crippen molar-refractivity contribution in [3.05, 3.63) is 48.0 Å². The normalized spacial score (nSPS) is 15.0. The number of rotatable bonds is 4. The number of aromatic nitrogens is 1. The molecular weight excluding hydrogens is 298 g/mol. The second-order valence-corrected chi connectivity index (χ2v) is 6.26. The van der Waals surface area contributed by atoms with Crippen LogP contribution in [-0.4, -0.2) is 38.1 Å². The monoisotopic (exact) mass is 323 g/mol. The van der Waals surface area contributed by atoms with Crippen LogP contribution in [0, 0.1) is 0 Å². The molecule has 1 aromatic carbocycles. The number of anilines is 1. The van der Waals surface area contributed by atoms with Crippen LogP contribution in [-0.2, 0) is 6.54 Å². The van der Waals surface area contributed by atoms with Crippen molar-refractivity contribution in [1.29, 1.82) is 0 Å². The quantitative estimate of drug-likeness (QED) is 0.516. The highest BCUT2D eigenvalue weighted by Gasteiger charge is 2.12. The van der Waals surface area contributed by atoms with Crippen LogP contribution in [0.5, 0.6) is 0 Å². The molecule has 1 heterocycles. The van der Waals surface area contributed by atoms with Crippen molar-refractivity contribution < 1.29 is 0 Å². The Kier molecular flexibility index (Phi) is 4.99. The van der Waals surface area contributed by atoms with E-state index in [1.54, 1.807) is 0 Å². The largest absolute Gasteiger partial charge is 0.363 e. The lowest BCUT2D eigenvalue weighted by molar-refractivity contribution is 0.633. The third-order valence-electron chi connectivity index (χ3n) is 4.27. The van der Waals surface area contributed by atoms with Crippen molar-refractivity contribution in [2.45, 2.75) is 25.4 Å². The third kappa shape index (κ3) is 3.67. The van der Waals surface area contributed by atoms with Crippen LogP contribution in [0.3, 0.4) is 0 Å². The van der Waals surface area contributed by atoms with Crippen molar-refractivity contribution >= 4 is 22.7 Å². The van der Waals surface area contributed by atoms with Crippen LogP contribution in [0.2, 0.25) is 0 Å². The Hall–Kier alpha value is -2.56. The molecule has 0 bridgehead atoms. The van der Waals surface area contributed by atoms with Crippen LogP contribution in [0.15, 0.2) is 47.5 Å². The molecule has 0 radical (unpaired) electrons. The van der Waals surface area contributed by atoms with E-state index >= 15 is 0 Å². The molecule has 0 spiro atoms. The molecule has 0 amide bonds. The highest BCUT2D eigenvalue weighted by atomic mass is 15.2. The molecule has 0 unspecified atom stereocenters. The molecule has 2 N–H and O–H groups in total. The molecule has 126 valence electrons. The van der Waals surface area contributed by atoms with E-state index in [1.807, 2.05) is 32.1 Å². The second kappa shape index (κ2) is 7.34. The number of nitrogens with zero attached hydrogens (tertiary/aromatic N) is 3. The molecule has 0 fully saturated rings. The number of nitrogens with one attached hydrogen (secondary N) is 2. The van der Waals surface area contributed by atoms with E-state index in [9.17, 15) is 0 Å². The van der Waals surface area contributed by atoms with Gasteiger partial charge in [-0.25, -0.2) is 4.98 Å². The van der Waals surface area contributed by atoms with Crippen molar-refractivity contribution in [2.75, 3.05) is 26.0 Å². The van der Waals surface area contributed by atoms with Gasteiger partial charge in [0, 0.05) is 39.1 Å². The van der Waals surface area contributed by atoms with Gasteiger partial charge in [0.15, 0.2) is 5.96 Å². The van der Waals surface area contributed by atoms with Gasteiger partial charge in [-0.05, 0) is 30.5 Å². The molecule has 24 heavy (non-hydrogen) atoms. The maximum absolute atomic E-state index is 4.71. The first kappa shape index (κ1) is 16.3. The van der Waals surface area contributed by atoms with Gasteiger partial charge in [0.05, 0.1) is 5.52 Å². The van der Waals surface area contributed by atoms with E-state index in [1.165, 1.54) is 10.9 Å². The van der Waals surface area contributed by atoms with Crippen molar-refractivity contribution in [1.82, 2.24) is 15.6 Å². The fourth-order valence-electron chi connectivity index (χ4n) is 2.91. The summed E-state index contributed by atoms with van der Waals surface area (Å²) in [5.74, 6) is 1.81. The van der Waals surface area contributed by atoms with Gasteiger partial charge in [-0.15, -0.1) is 0 Å². The molecule has 0 atom stereocenters. The van der Waals surface area contributed by atoms with Crippen molar-refractivity contribution in [3.8, 4) is 0 Å². The Bertz CT molecular complexity index is 755. The van der Waals surface area contributed by atoms with Gasteiger partial charge in [0.1, 0.15) is 5.82 Å². The topological polar surface area (TPSA) is 52.6 Å². The smallest absolute Gasteiger partial charge is 0.191 e. The lowest BCUT2D eigenvalue weighted by Crippen LogP contribution is -2.42. The first-order valence-corrected chi connectivity index (χ1v) is 8.35. The zero-order valence-corrected chi connectivity index (χ0v) is 14.6. The molecule has 3 rings (SSSR count). The zero-order chi connectivity index (χ0) is 16.9. The Morgan fingerprint density at radius 2 is 2.00 bits per heavy atom. The fourth-order valence-corrected chi connectivity index (χ4v) is 2.91. The third-order valence-corrected chi connectivity index (χ3v) is 4.27. The fraction of sp³-hybridized carbons (Fsp3) is 0.368. The predicted octanol–water partition coefficient (Wildman–Crippen LogP) is 2.68. The van der Waals surface area contributed by atoms with Crippen LogP contribution < -0.4 is 15.5 Å². The minimum absolute atomic E-state index is 0.447. The van der Waals surface area contributed by atoms with Gasteiger partial charge in [-0.3, -0.25) is 4.99 Å². The van der Waals surface area contributed by atoms with E-state index in [4.69, 9.17) is 4.98 Å². The molecule has 5 heteroatoms. The second-order valence-electron chi connectivity index (χ2n) is 6.26. The Labute approximate surface area is 143 Å². The van der Waals surface area contributed by atoms with Gasteiger partial charge < -0.3 is 15.5 Å². The van der Waals surface area contributed by atoms with Crippen LogP contribution >= 0.6 is 0 Å². The number of hydrogen-bond acceptors (Lipinski definition) is 3. The molecule has 5 nitrogen and oxygen atoms in total. The number of para-hydroxylation sites is 1. The molecule has 1 aliphatic carbocycles. The van der Waals surface area contributed by atoms with E-state index in [2.05, 4.69) is 52.0 Å². The summed E-state index contributed by atoms with van der Waals surface area (Å²) < 4.78 is 0. The minimum Gasteiger partial charge on any atom is -0.363 e. The van der Waals surface area contributed by atoms with Crippen molar-refractivity contribution in [2.24, 2.45) is 4.99 Å². The van der Waals surface area contributed by atoms with Crippen LogP contribution in [0.4, 0.5) is 5.82 Å². The van der Waals surface area contributed by atoms with Gasteiger partial charge in [-0.2, -0.15) is 0 Å². The highest BCUT2D eigenvalue weighted by Crippen LogP contribution is 2.22. The van der Waals surface area contributed by atoms with Crippen LogP contribution in [0.25, 0.3) is 10.9 Å². The van der Waals surface area contributed by atoms with E-state index in [0.717, 1.165) is 30.1 Å². The van der Waals surface area contributed by atoms with Crippen LogP contribution in [0.1, 0.15) is 18.4 Å². The van der Waals surface area contributed by atoms with E-state index in [0.29, 0.717) is 12.6 Å². The Morgan fingerprint density at radius 3 is 2.71 bits per heavy atom.